The number of fused-ring (bicyclic) bond motifs is 1. The Morgan fingerprint density at radius 3 is 2.61 bits per heavy atom. The molecule has 0 bridgehead atoms. The number of carbonyl (C=O) groups excluding carboxylic acids is 3. The third-order valence-corrected chi connectivity index (χ3v) is 8.49. The number of ether oxygens (including phenoxy) is 2. The second-order valence-electron chi connectivity index (χ2n) is 9.95. The molecule has 4 amide bonds. The SMILES string of the molecule is C[C@@H](O)[C@H]1C(=O)N2C(C(=O)O)=C(S[C@H]3C[C@@H](COCCNC(N)=O)N(C(=O)OCc4ccc([N+](=O)[O-])cc4)C3)C[C@H]12. The van der Waals surface area contributed by atoms with Crippen LogP contribution in [-0.2, 0) is 25.7 Å². The van der Waals surface area contributed by atoms with Crippen molar-refractivity contribution < 1.29 is 43.8 Å². The first kappa shape index (κ1) is 30.1. The number of nitro groups is 1. The van der Waals surface area contributed by atoms with Crippen LogP contribution in [0.1, 0.15) is 25.3 Å². The Balaban J connectivity index is 1.42. The Morgan fingerprint density at radius 2 is 2.00 bits per heavy atom. The maximum atomic E-state index is 13.1. The van der Waals surface area contributed by atoms with Gasteiger partial charge in [-0.05, 0) is 31.0 Å². The van der Waals surface area contributed by atoms with Gasteiger partial charge in [-0.3, -0.25) is 14.9 Å². The van der Waals surface area contributed by atoms with Gasteiger partial charge < -0.3 is 40.5 Å². The van der Waals surface area contributed by atoms with Crippen LogP contribution in [0.25, 0.3) is 0 Å². The summed E-state index contributed by atoms with van der Waals surface area (Å²) in [4.78, 5) is 62.1. The van der Waals surface area contributed by atoms with Crippen molar-refractivity contribution in [3.05, 3.63) is 50.5 Å². The molecule has 4 rings (SSSR count). The van der Waals surface area contributed by atoms with E-state index in [1.807, 2.05) is 0 Å². The number of amides is 4. The Hall–Kier alpha value is -3.89. The van der Waals surface area contributed by atoms with Gasteiger partial charge in [0.2, 0.25) is 5.91 Å². The highest BCUT2D eigenvalue weighted by atomic mass is 32.2. The van der Waals surface area contributed by atoms with Crippen LogP contribution in [0.3, 0.4) is 0 Å². The lowest BCUT2D eigenvalue weighted by Crippen LogP contribution is -2.61. The van der Waals surface area contributed by atoms with Gasteiger partial charge in [0.05, 0.1) is 42.2 Å². The van der Waals surface area contributed by atoms with Crippen LogP contribution >= 0.6 is 11.8 Å². The number of likely N-dealkylation sites (tertiary alicyclic amines) is 1. The molecule has 0 aromatic heterocycles. The van der Waals surface area contributed by atoms with E-state index in [0.29, 0.717) is 23.3 Å². The number of rotatable bonds is 12. The second kappa shape index (κ2) is 12.7. The molecule has 1 aromatic carbocycles. The molecule has 222 valence electrons. The summed E-state index contributed by atoms with van der Waals surface area (Å²) in [6.45, 7) is 2.05. The highest BCUT2D eigenvalue weighted by Crippen LogP contribution is 2.49. The first-order valence-corrected chi connectivity index (χ1v) is 13.8. The number of carbonyl (C=O) groups is 4. The van der Waals surface area contributed by atoms with Crippen molar-refractivity contribution >= 4 is 41.5 Å². The summed E-state index contributed by atoms with van der Waals surface area (Å²) >= 11 is 1.29. The molecule has 0 aliphatic carbocycles. The van der Waals surface area contributed by atoms with Gasteiger partial charge in [-0.15, -0.1) is 11.8 Å². The summed E-state index contributed by atoms with van der Waals surface area (Å²) in [5, 5.41) is 32.9. The van der Waals surface area contributed by atoms with Crippen LogP contribution < -0.4 is 11.1 Å². The van der Waals surface area contributed by atoms with Crippen molar-refractivity contribution in [2.45, 2.75) is 49.8 Å². The van der Waals surface area contributed by atoms with Gasteiger partial charge >= 0.3 is 18.1 Å². The van der Waals surface area contributed by atoms with E-state index in [2.05, 4.69) is 5.32 Å². The number of hydrogen-bond donors (Lipinski definition) is 4. The number of urea groups is 1. The smallest absolute Gasteiger partial charge is 0.410 e. The van der Waals surface area contributed by atoms with Crippen LogP contribution in [0.5, 0.6) is 0 Å². The fourth-order valence-corrected chi connectivity index (χ4v) is 6.81. The third-order valence-electron chi connectivity index (χ3n) is 7.18. The minimum atomic E-state index is -1.23. The quantitative estimate of drug-likeness (QED) is 0.116. The predicted octanol–water partition coefficient (Wildman–Crippen LogP) is 1.00. The van der Waals surface area contributed by atoms with E-state index in [0.717, 1.165) is 0 Å². The molecule has 0 radical (unpaired) electrons. The summed E-state index contributed by atoms with van der Waals surface area (Å²) in [7, 11) is 0. The summed E-state index contributed by atoms with van der Waals surface area (Å²) in [5.74, 6) is -2.31. The average molecular weight is 594 g/mol. The second-order valence-corrected chi connectivity index (χ2v) is 11.3. The zero-order chi connectivity index (χ0) is 29.8. The minimum Gasteiger partial charge on any atom is -0.477 e. The summed E-state index contributed by atoms with van der Waals surface area (Å²) in [5.41, 5.74) is 5.43. The van der Waals surface area contributed by atoms with Crippen molar-refractivity contribution in [1.29, 1.82) is 0 Å². The van der Waals surface area contributed by atoms with Gasteiger partial charge in [-0.1, -0.05) is 0 Å². The van der Waals surface area contributed by atoms with Gasteiger partial charge in [0.25, 0.3) is 5.69 Å². The minimum absolute atomic E-state index is 0.0873. The molecule has 3 aliphatic rings. The molecule has 5 N–H and O–H groups in total. The zero-order valence-corrected chi connectivity index (χ0v) is 23.0. The van der Waals surface area contributed by atoms with Gasteiger partial charge in [0.15, 0.2) is 0 Å². The number of nitrogens with zero attached hydrogens (tertiary/aromatic N) is 3. The van der Waals surface area contributed by atoms with E-state index >= 15 is 0 Å². The lowest BCUT2D eigenvalue weighted by molar-refractivity contribution is -0.384. The number of nitrogens with one attached hydrogen (secondary N) is 1. The largest absolute Gasteiger partial charge is 0.477 e. The Morgan fingerprint density at radius 1 is 1.29 bits per heavy atom. The zero-order valence-electron chi connectivity index (χ0n) is 22.1. The fraction of sp³-hybridized carbons (Fsp3) is 0.520. The molecule has 1 aromatic rings. The van der Waals surface area contributed by atoms with Crippen LogP contribution in [0.4, 0.5) is 15.3 Å². The molecular weight excluding hydrogens is 562 g/mol. The predicted molar refractivity (Wildman–Crippen MR) is 143 cm³/mol. The normalized spacial score (nSPS) is 24.1. The first-order valence-electron chi connectivity index (χ1n) is 12.9. The number of primary amides is 1. The Labute approximate surface area is 238 Å². The summed E-state index contributed by atoms with van der Waals surface area (Å²) in [6.07, 6.45) is -0.798. The average Bonchev–Trinajstić information content (AvgIpc) is 3.45. The maximum Gasteiger partial charge on any atom is 0.410 e. The molecule has 0 saturated carbocycles. The van der Waals surface area contributed by atoms with E-state index in [4.69, 9.17) is 15.2 Å². The van der Waals surface area contributed by atoms with Crippen LogP contribution in [0.15, 0.2) is 34.9 Å². The molecular formula is C25H31N5O10S. The van der Waals surface area contributed by atoms with E-state index in [-0.39, 0.29) is 49.5 Å². The maximum absolute atomic E-state index is 13.1. The number of aliphatic hydroxyl groups is 1. The molecule has 5 atom stereocenters. The van der Waals surface area contributed by atoms with Crippen molar-refractivity contribution in [3.63, 3.8) is 0 Å². The number of hydrogen-bond acceptors (Lipinski definition) is 10. The number of carboxylic acids is 1. The van der Waals surface area contributed by atoms with Gasteiger partial charge in [-0.2, -0.15) is 0 Å². The topological polar surface area (TPSA) is 215 Å². The van der Waals surface area contributed by atoms with E-state index < -0.39 is 53.0 Å². The van der Waals surface area contributed by atoms with Crippen molar-refractivity contribution in [2.24, 2.45) is 11.7 Å². The Kier molecular flexibility index (Phi) is 9.35. The molecule has 3 aliphatic heterocycles. The third kappa shape index (κ3) is 6.71. The molecule has 15 nitrogen and oxygen atoms in total. The molecule has 3 heterocycles. The van der Waals surface area contributed by atoms with Crippen molar-refractivity contribution in [1.82, 2.24) is 15.1 Å². The van der Waals surface area contributed by atoms with E-state index in [1.54, 1.807) is 0 Å². The van der Waals surface area contributed by atoms with E-state index in [1.165, 1.54) is 52.8 Å². The molecule has 2 fully saturated rings. The molecule has 0 spiro atoms. The Bertz CT molecular complexity index is 1240. The molecule has 0 unspecified atom stereocenters. The van der Waals surface area contributed by atoms with Crippen LogP contribution in [-0.4, -0.2) is 98.7 Å². The van der Waals surface area contributed by atoms with Gasteiger partial charge in [0, 0.05) is 41.8 Å². The van der Waals surface area contributed by atoms with E-state index in [9.17, 15) is 39.5 Å². The van der Waals surface area contributed by atoms with Gasteiger partial charge in [-0.25, -0.2) is 14.4 Å². The number of nitrogens with two attached hydrogens (primary N) is 1. The molecule has 16 heteroatoms. The number of non-ortho nitro benzene ring substituents is 1. The molecule has 2 saturated heterocycles. The summed E-state index contributed by atoms with van der Waals surface area (Å²) < 4.78 is 11.1. The number of carboxylic acid groups (broad SMARTS) is 1. The highest BCUT2D eigenvalue weighted by molar-refractivity contribution is 8.03. The lowest BCUT2D eigenvalue weighted by Gasteiger charge is -2.44. The number of aliphatic hydroxyl groups excluding tert-OH is 1. The standard InChI is InChI=1S/C25H31N5O10S/c1-13(31)20-18-9-19(21(23(33)34)29(18)22(20)32)41-17-8-16(12-39-7-6-27-24(26)35)28(10-17)25(36)40-11-14-2-4-15(5-3-14)30(37)38/h2-5,13,16-18,20,31H,6-12H2,1H3,(H,33,34)(H3,26,27,35)/t13-,16+,17+,18-,20-/m1/s1. The van der Waals surface area contributed by atoms with Crippen LogP contribution in [0.2, 0.25) is 0 Å². The fourth-order valence-electron chi connectivity index (χ4n) is 5.29. The number of thioether (sulfide) groups is 1. The first-order chi connectivity index (χ1) is 19.5. The lowest BCUT2D eigenvalue weighted by atomic mass is 9.83. The van der Waals surface area contributed by atoms with Crippen LogP contribution in [0, 0.1) is 16.0 Å². The molecule has 41 heavy (non-hydrogen) atoms. The number of nitro benzene ring substituents is 1. The number of β-lactam (4-membered cyclic amide) rings is 1. The summed E-state index contributed by atoms with van der Waals surface area (Å²) in [6, 6.07) is 4.07. The van der Waals surface area contributed by atoms with Gasteiger partial charge in [0.1, 0.15) is 12.3 Å². The number of aliphatic carboxylic acids is 1. The number of benzene rings is 1. The monoisotopic (exact) mass is 593 g/mol. The van der Waals surface area contributed by atoms with Crippen molar-refractivity contribution in [2.75, 3.05) is 26.3 Å². The highest BCUT2D eigenvalue weighted by Gasteiger charge is 2.57. The van der Waals surface area contributed by atoms with Crippen molar-refractivity contribution in [3.8, 4) is 0 Å².